The van der Waals surface area contributed by atoms with Crippen molar-refractivity contribution in [2.24, 2.45) is 0 Å². The van der Waals surface area contributed by atoms with E-state index >= 15 is 0 Å². The first-order valence-electron chi connectivity index (χ1n) is 5.90. The van der Waals surface area contributed by atoms with Gasteiger partial charge in [0.1, 0.15) is 18.2 Å². The molecule has 1 aromatic carbocycles. The normalized spacial score (nSPS) is 10.5. The lowest BCUT2D eigenvalue weighted by Gasteiger charge is -2.10. The van der Waals surface area contributed by atoms with Crippen LogP contribution < -0.4 is 4.74 Å². The van der Waals surface area contributed by atoms with Gasteiger partial charge in [0.05, 0.1) is 0 Å². The number of benzene rings is 1. The summed E-state index contributed by atoms with van der Waals surface area (Å²) in [5.74, 6) is 1.90. The third-order valence-corrected chi connectivity index (χ3v) is 2.83. The average Bonchev–Trinajstić information content (AvgIpc) is 2.75. The highest BCUT2D eigenvalue weighted by atomic mass is 16.5. The van der Waals surface area contributed by atoms with Crippen LogP contribution in [-0.4, -0.2) is 9.55 Å². The van der Waals surface area contributed by atoms with Gasteiger partial charge in [-0.25, -0.2) is 4.98 Å². The van der Waals surface area contributed by atoms with Crippen LogP contribution in [0, 0.1) is 13.8 Å². The summed E-state index contributed by atoms with van der Waals surface area (Å²) in [5, 5.41) is 0. The van der Waals surface area contributed by atoms with Crippen molar-refractivity contribution in [1.82, 2.24) is 9.55 Å². The molecule has 0 radical (unpaired) electrons. The molecular weight excluding hydrogens is 212 g/mol. The predicted molar refractivity (Wildman–Crippen MR) is 68.1 cm³/mol. The van der Waals surface area contributed by atoms with Crippen molar-refractivity contribution < 1.29 is 4.74 Å². The number of rotatable bonds is 4. The standard InChI is InChI=1S/C14H18N2O/c1-4-16-8-7-15-14(16)10-17-13-6-5-11(2)9-12(13)3/h5-9H,4,10H2,1-3H3. The van der Waals surface area contributed by atoms with E-state index in [1.165, 1.54) is 11.1 Å². The second-order valence-corrected chi connectivity index (χ2v) is 4.19. The molecule has 0 fully saturated rings. The van der Waals surface area contributed by atoms with Gasteiger partial charge < -0.3 is 9.30 Å². The van der Waals surface area contributed by atoms with E-state index < -0.39 is 0 Å². The first-order chi connectivity index (χ1) is 8.20. The number of nitrogens with zero attached hydrogens (tertiary/aromatic N) is 2. The zero-order valence-electron chi connectivity index (χ0n) is 10.6. The molecular formula is C14H18N2O. The lowest BCUT2D eigenvalue weighted by atomic mass is 10.1. The van der Waals surface area contributed by atoms with Gasteiger partial charge in [-0.2, -0.15) is 0 Å². The number of hydrogen-bond acceptors (Lipinski definition) is 2. The Morgan fingerprint density at radius 1 is 1.29 bits per heavy atom. The van der Waals surface area contributed by atoms with E-state index in [2.05, 4.69) is 42.5 Å². The van der Waals surface area contributed by atoms with Crippen LogP contribution in [-0.2, 0) is 13.2 Å². The fourth-order valence-corrected chi connectivity index (χ4v) is 1.87. The molecule has 3 heteroatoms. The van der Waals surface area contributed by atoms with Crippen molar-refractivity contribution in [2.75, 3.05) is 0 Å². The maximum atomic E-state index is 5.80. The molecule has 0 spiro atoms. The molecule has 0 atom stereocenters. The highest BCUT2D eigenvalue weighted by Crippen LogP contribution is 2.19. The van der Waals surface area contributed by atoms with Gasteiger partial charge in [0.2, 0.25) is 0 Å². The lowest BCUT2D eigenvalue weighted by molar-refractivity contribution is 0.288. The molecule has 0 saturated carbocycles. The summed E-state index contributed by atoms with van der Waals surface area (Å²) in [6.45, 7) is 7.69. The van der Waals surface area contributed by atoms with Crippen molar-refractivity contribution in [3.8, 4) is 5.75 Å². The third-order valence-electron chi connectivity index (χ3n) is 2.83. The van der Waals surface area contributed by atoms with E-state index in [-0.39, 0.29) is 0 Å². The SMILES string of the molecule is CCn1ccnc1COc1ccc(C)cc1C. The Morgan fingerprint density at radius 2 is 2.12 bits per heavy atom. The lowest BCUT2D eigenvalue weighted by Crippen LogP contribution is -2.05. The summed E-state index contributed by atoms with van der Waals surface area (Å²) >= 11 is 0. The Balaban J connectivity index is 2.07. The molecule has 1 heterocycles. The average molecular weight is 230 g/mol. The number of imidazole rings is 1. The Hall–Kier alpha value is -1.77. The molecule has 0 aliphatic carbocycles. The van der Waals surface area contributed by atoms with Crippen molar-refractivity contribution in [3.05, 3.63) is 47.5 Å². The third kappa shape index (κ3) is 2.67. The van der Waals surface area contributed by atoms with Crippen LogP contribution in [0.1, 0.15) is 23.9 Å². The first-order valence-corrected chi connectivity index (χ1v) is 5.90. The van der Waals surface area contributed by atoms with Gasteiger partial charge in [0.25, 0.3) is 0 Å². The minimum Gasteiger partial charge on any atom is -0.485 e. The number of aryl methyl sites for hydroxylation is 3. The topological polar surface area (TPSA) is 27.1 Å². The van der Waals surface area contributed by atoms with E-state index in [1.807, 2.05) is 18.5 Å². The van der Waals surface area contributed by atoms with Crippen molar-refractivity contribution >= 4 is 0 Å². The Kier molecular flexibility index (Phi) is 3.47. The number of ether oxygens (including phenoxy) is 1. The summed E-state index contributed by atoms with van der Waals surface area (Å²) in [5.41, 5.74) is 2.42. The summed E-state index contributed by atoms with van der Waals surface area (Å²) in [7, 11) is 0. The summed E-state index contributed by atoms with van der Waals surface area (Å²) in [6, 6.07) is 6.21. The molecule has 0 unspecified atom stereocenters. The predicted octanol–water partition coefficient (Wildman–Crippen LogP) is 3.10. The van der Waals surface area contributed by atoms with E-state index in [1.54, 1.807) is 0 Å². The molecule has 0 bridgehead atoms. The number of hydrogen-bond donors (Lipinski definition) is 0. The van der Waals surface area contributed by atoms with Gasteiger partial charge >= 0.3 is 0 Å². The molecule has 3 nitrogen and oxygen atoms in total. The first kappa shape index (κ1) is 11.7. The quantitative estimate of drug-likeness (QED) is 0.807. The maximum absolute atomic E-state index is 5.80. The zero-order chi connectivity index (χ0) is 12.3. The summed E-state index contributed by atoms with van der Waals surface area (Å²) in [6.07, 6.45) is 3.78. The van der Waals surface area contributed by atoms with Gasteiger partial charge in [-0.3, -0.25) is 0 Å². The Morgan fingerprint density at radius 3 is 2.82 bits per heavy atom. The maximum Gasteiger partial charge on any atom is 0.146 e. The minimum atomic E-state index is 0.519. The minimum absolute atomic E-state index is 0.519. The molecule has 2 rings (SSSR count). The van der Waals surface area contributed by atoms with Crippen LogP contribution in [0.15, 0.2) is 30.6 Å². The Bertz CT molecular complexity index is 503. The van der Waals surface area contributed by atoms with Crippen LogP contribution in [0.2, 0.25) is 0 Å². The van der Waals surface area contributed by atoms with E-state index in [0.29, 0.717) is 6.61 Å². The molecule has 0 N–H and O–H groups in total. The second-order valence-electron chi connectivity index (χ2n) is 4.19. The van der Waals surface area contributed by atoms with E-state index in [4.69, 9.17) is 4.74 Å². The smallest absolute Gasteiger partial charge is 0.146 e. The monoisotopic (exact) mass is 230 g/mol. The van der Waals surface area contributed by atoms with Crippen molar-refractivity contribution in [2.45, 2.75) is 33.9 Å². The fraction of sp³-hybridized carbons (Fsp3) is 0.357. The van der Waals surface area contributed by atoms with Crippen LogP contribution in [0.3, 0.4) is 0 Å². The van der Waals surface area contributed by atoms with Crippen molar-refractivity contribution in [1.29, 1.82) is 0 Å². The summed E-state index contributed by atoms with van der Waals surface area (Å²) in [4.78, 5) is 4.29. The molecule has 1 aromatic heterocycles. The van der Waals surface area contributed by atoms with E-state index in [0.717, 1.165) is 18.1 Å². The van der Waals surface area contributed by atoms with Crippen LogP contribution in [0.5, 0.6) is 5.75 Å². The second kappa shape index (κ2) is 5.04. The molecule has 0 amide bonds. The Labute approximate surface area is 102 Å². The highest BCUT2D eigenvalue weighted by molar-refractivity contribution is 5.35. The molecule has 17 heavy (non-hydrogen) atoms. The summed E-state index contributed by atoms with van der Waals surface area (Å²) < 4.78 is 7.88. The van der Waals surface area contributed by atoms with Crippen LogP contribution in [0.25, 0.3) is 0 Å². The van der Waals surface area contributed by atoms with Gasteiger partial charge in [0.15, 0.2) is 0 Å². The molecule has 2 aromatic rings. The van der Waals surface area contributed by atoms with E-state index in [9.17, 15) is 0 Å². The van der Waals surface area contributed by atoms with Gasteiger partial charge in [-0.05, 0) is 32.4 Å². The zero-order valence-corrected chi connectivity index (χ0v) is 10.6. The molecule has 0 aliphatic heterocycles. The molecule has 90 valence electrons. The highest BCUT2D eigenvalue weighted by Gasteiger charge is 2.04. The van der Waals surface area contributed by atoms with Crippen LogP contribution in [0.4, 0.5) is 0 Å². The van der Waals surface area contributed by atoms with Crippen LogP contribution >= 0.6 is 0 Å². The largest absolute Gasteiger partial charge is 0.485 e. The van der Waals surface area contributed by atoms with Crippen molar-refractivity contribution in [3.63, 3.8) is 0 Å². The fourth-order valence-electron chi connectivity index (χ4n) is 1.87. The van der Waals surface area contributed by atoms with Gasteiger partial charge in [-0.1, -0.05) is 17.7 Å². The number of aromatic nitrogens is 2. The van der Waals surface area contributed by atoms with Gasteiger partial charge in [0, 0.05) is 18.9 Å². The molecule has 0 aliphatic rings. The van der Waals surface area contributed by atoms with Gasteiger partial charge in [-0.15, -0.1) is 0 Å². The molecule has 0 saturated heterocycles.